The highest BCUT2D eigenvalue weighted by Crippen LogP contribution is 2.29. The molecule has 1 aromatic carbocycles. The average Bonchev–Trinajstić information content (AvgIpc) is 2.80. The largest absolute Gasteiger partial charge is 0.319 e. The highest BCUT2D eigenvalue weighted by molar-refractivity contribution is 9.10. The van der Waals surface area contributed by atoms with E-state index in [1.54, 1.807) is 6.20 Å². The van der Waals surface area contributed by atoms with E-state index in [2.05, 4.69) is 28.0 Å². The fourth-order valence-corrected chi connectivity index (χ4v) is 2.59. The molecule has 0 fully saturated rings. The zero-order valence-electron chi connectivity index (χ0n) is 10.1. The van der Waals surface area contributed by atoms with Crippen molar-refractivity contribution >= 4 is 27.5 Å². The van der Waals surface area contributed by atoms with Crippen LogP contribution in [0.3, 0.4) is 0 Å². The van der Waals surface area contributed by atoms with Crippen LogP contribution in [0.15, 0.2) is 34.9 Å². The molecule has 96 valence electrons. The molecule has 1 unspecified atom stereocenters. The predicted molar refractivity (Wildman–Crippen MR) is 77.7 cm³/mol. The lowest BCUT2D eigenvalue weighted by molar-refractivity contribution is 0.559. The Kier molecular flexibility index (Phi) is 4.43. The summed E-state index contributed by atoms with van der Waals surface area (Å²) in [5.74, 6) is 0. The molecule has 2 N–H and O–H groups in total. The van der Waals surface area contributed by atoms with Crippen molar-refractivity contribution in [3.8, 4) is 0 Å². The van der Waals surface area contributed by atoms with Gasteiger partial charge in [0, 0.05) is 22.2 Å². The summed E-state index contributed by atoms with van der Waals surface area (Å²) in [5, 5.41) is 4.98. The number of halogens is 2. The normalized spacial score (nSPS) is 12.7. The van der Waals surface area contributed by atoms with Crippen LogP contribution in [0.1, 0.15) is 30.6 Å². The molecule has 0 saturated carbocycles. The molecule has 18 heavy (non-hydrogen) atoms. The van der Waals surface area contributed by atoms with Crippen LogP contribution in [-0.4, -0.2) is 9.78 Å². The smallest absolute Gasteiger partial charge is 0.0734 e. The molecule has 0 aliphatic carbocycles. The molecular weight excluding hydrogens is 314 g/mol. The van der Waals surface area contributed by atoms with Gasteiger partial charge in [0.15, 0.2) is 0 Å². The van der Waals surface area contributed by atoms with Crippen LogP contribution in [0.4, 0.5) is 0 Å². The van der Waals surface area contributed by atoms with Gasteiger partial charge < -0.3 is 5.73 Å². The van der Waals surface area contributed by atoms with Crippen LogP contribution in [0.2, 0.25) is 5.02 Å². The second-order valence-electron chi connectivity index (χ2n) is 4.12. The van der Waals surface area contributed by atoms with Gasteiger partial charge in [0.2, 0.25) is 0 Å². The standard InChI is InChI=1S/C13H15BrClN3/c1-2-7-18-12(5-6-17-18)13(16)10-8-9(15)3-4-11(10)14/h3-6,8,13H,2,7,16H2,1H3. The Hall–Kier alpha value is -0.840. The highest BCUT2D eigenvalue weighted by Gasteiger charge is 2.16. The van der Waals surface area contributed by atoms with Crippen molar-refractivity contribution in [1.82, 2.24) is 9.78 Å². The van der Waals surface area contributed by atoms with E-state index in [1.165, 1.54) is 0 Å². The number of aromatic nitrogens is 2. The van der Waals surface area contributed by atoms with E-state index < -0.39 is 0 Å². The molecule has 1 aromatic heterocycles. The molecule has 0 saturated heterocycles. The van der Waals surface area contributed by atoms with Crippen LogP contribution in [0.25, 0.3) is 0 Å². The number of rotatable bonds is 4. The third kappa shape index (κ3) is 2.76. The molecule has 0 spiro atoms. The first kappa shape index (κ1) is 13.6. The van der Waals surface area contributed by atoms with E-state index in [4.69, 9.17) is 17.3 Å². The number of hydrogen-bond donors (Lipinski definition) is 1. The van der Waals surface area contributed by atoms with Crippen LogP contribution >= 0.6 is 27.5 Å². The summed E-state index contributed by atoms with van der Waals surface area (Å²) < 4.78 is 2.90. The second-order valence-corrected chi connectivity index (χ2v) is 5.41. The van der Waals surface area contributed by atoms with Crippen molar-refractivity contribution in [2.24, 2.45) is 5.73 Å². The third-order valence-corrected chi connectivity index (χ3v) is 3.75. The molecule has 2 rings (SSSR count). The van der Waals surface area contributed by atoms with Crippen molar-refractivity contribution in [2.75, 3.05) is 0 Å². The Morgan fingerprint density at radius 3 is 2.94 bits per heavy atom. The van der Waals surface area contributed by atoms with Gasteiger partial charge in [-0.25, -0.2) is 0 Å². The van der Waals surface area contributed by atoms with Crippen LogP contribution in [-0.2, 0) is 6.54 Å². The quantitative estimate of drug-likeness (QED) is 0.928. The minimum atomic E-state index is -0.230. The van der Waals surface area contributed by atoms with Gasteiger partial charge in [0.05, 0.1) is 11.7 Å². The van der Waals surface area contributed by atoms with E-state index in [9.17, 15) is 0 Å². The fourth-order valence-electron chi connectivity index (χ4n) is 1.92. The molecule has 0 aliphatic heterocycles. The number of nitrogens with zero attached hydrogens (tertiary/aromatic N) is 2. The fraction of sp³-hybridized carbons (Fsp3) is 0.308. The SMILES string of the molecule is CCCn1nccc1C(N)c1cc(Cl)ccc1Br. The van der Waals surface area contributed by atoms with E-state index in [0.717, 1.165) is 28.7 Å². The summed E-state index contributed by atoms with van der Waals surface area (Å²) in [5.41, 5.74) is 8.28. The van der Waals surface area contributed by atoms with Gasteiger partial charge in [-0.05, 0) is 36.2 Å². The first-order valence-corrected chi connectivity index (χ1v) is 7.02. The van der Waals surface area contributed by atoms with E-state index in [-0.39, 0.29) is 6.04 Å². The Morgan fingerprint density at radius 2 is 2.22 bits per heavy atom. The molecule has 5 heteroatoms. The summed E-state index contributed by atoms with van der Waals surface area (Å²) in [6.45, 7) is 2.99. The molecule has 0 radical (unpaired) electrons. The van der Waals surface area contributed by atoms with E-state index in [1.807, 2.05) is 28.9 Å². The Balaban J connectivity index is 2.38. The summed E-state index contributed by atoms with van der Waals surface area (Å²) in [6.07, 6.45) is 2.81. The van der Waals surface area contributed by atoms with Gasteiger partial charge in [0.25, 0.3) is 0 Å². The Labute approximate surface area is 120 Å². The van der Waals surface area contributed by atoms with E-state index >= 15 is 0 Å². The summed E-state index contributed by atoms with van der Waals surface area (Å²) in [6, 6.07) is 7.36. The predicted octanol–water partition coefficient (Wildman–Crippen LogP) is 3.76. The van der Waals surface area contributed by atoms with Crippen LogP contribution in [0, 0.1) is 0 Å². The van der Waals surface area contributed by atoms with Gasteiger partial charge in [0.1, 0.15) is 0 Å². The summed E-state index contributed by atoms with van der Waals surface area (Å²) >= 11 is 9.54. The minimum absolute atomic E-state index is 0.230. The third-order valence-electron chi connectivity index (χ3n) is 2.80. The number of aryl methyl sites for hydroxylation is 1. The lowest BCUT2D eigenvalue weighted by atomic mass is 10.0. The van der Waals surface area contributed by atoms with Crippen molar-refractivity contribution in [3.63, 3.8) is 0 Å². The van der Waals surface area contributed by atoms with Gasteiger partial charge in [-0.2, -0.15) is 5.10 Å². The monoisotopic (exact) mass is 327 g/mol. The lowest BCUT2D eigenvalue weighted by Crippen LogP contribution is -2.18. The van der Waals surface area contributed by atoms with Crippen molar-refractivity contribution in [3.05, 3.63) is 51.2 Å². The molecule has 3 nitrogen and oxygen atoms in total. The van der Waals surface area contributed by atoms with Crippen molar-refractivity contribution < 1.29 is 0 Å². The molecule has 0 aliphatic rings. The molecule has 2 aromatic rings. The summed E-state index contributed by atoms with van der Waals surface area (Å²) in [7, 11) is 0. The molecule has 1 heterocycles. The lowest BCUT2D eigenvalue weighted by Gasteiger charge is -2.16. The Morgan fingerprint density at radius 1 is 1.44 bits per heavy atom. The first-order valence-electron chi connectivity index (χ1n) is 5.85. The second kappa shape index (κ2) is 5.87. The molecular formula is C13H15BrClN3. The average molecular weight is 329 g/mol. The zero-order valence-corrected chi connectivity index (χ0v) is 12.4. The topological polar surface area (TPSA) is 43.8 Å². The van der Waals surface area contributed by atoms with Crippen molar-refractivity contribution in [2.45, 2.75) is 25.9 Å². The maximum atomic E-state index is 6.31. The Bertz CT molecular complexity index is 539. The van der Waals surface area contributed by atoms with Crippen LogP contribution < -0.4 is 5.73 Å². The highest BCUT2D eigenvalue weighted by atomic mass is 79.9. The van der Waals surface area contributed by atoms with Gasteiger partial charge in [-0.15, -0.1) is 0 Å². The summed E-state index contributed by atoms with van der Waals surface area (Å²) in [4.78, 5) is 0. The van der Waals surface area contributed by atoms with Gasteiger partial charge in [-0.1, -0.05) is 34.5 Å². The number of benzene rings is 1. The van der Waals surface area contributed by atoms with Gasteiger partial charge >= 0.3 is 0 Å². The van der Waals surface area contributed by atoms with Crippen LogP contribution in [0.5, 0.6) is 0 Å². The molecule has 1 atom stereocenters. The maximum Gasteiger partial charge on any atom is 0.0734 e. The zero-order chi connectivity index (χ0) is 13.1. The maximum absolute atomic E-state index is 6.31. The number of nitrogens with two attached hydrogens (primary N) is 1. The van der Waals surface area contributed by atoms with E-state index in [0.29, 0.717) is 5.02 Å². The van der Waals surface area contributed by atoms with Crippen molar-refractivity contribution in [1.29, 1.82) is 0 Å². The van der Waals surface area contributed by atoms with Gasteiger partial charge in [-0.3, -0.25) is 4.68 Å². The molecule has 0 bridgehead atoms. The molecule has 0 amide bonds. The minimum Gasteiger partial charge on any atom is -0.319 e. The first-order chi connectivity index (χ1) is 8.63. The number of hydrogen-bond acceptors (Lipinski definition) is 2.